The Bertz CT molecular complexity index is 897. The van der Waals surface area contributed by atoms with E-state index in [1.807, 2.05) is 62.9 Å². The molecule has 0 radical (unpaired) electrons. The normalized spacial score (nSPS) is 11.6. The van der Waals surface area contributed by atoms with Gasteiger partial charge in [-0.25, -0.2) is 0 Å². The monoisotopic (exact) mass is 385 g/mol. The third-order valence-electron chi connectivity index (χ3n) is 4.11. The smallest absolute Gasteiger partial charge is 0.277 e. The Morgan fingerprint density at radius 1 is 1.15 bits per heavy atom. The molecular formula is C20H23N3O3S. The Morgan fingerprint density at radius 2 is 1.89 bits per heavy atom. The highest BCUT2D eigenvalue weighted by Gasteiger charge is 2.27. The molecule has 0 spiro atoms. The minimum Gasteiger partial charge on any atom is -0.469 e. The van der Waals surface area contributed by atoms with Gasteiger partial charge in [-0.3, -0.25) is 4.79 Å². The molecule has 7 heteroatoms. The van der Waals surface area contributed by atoms with E-state index in [4.69, 9.17) is 8.83 Å². The van der Waals surface area contributed by atoms with Crippen molar-refractivity contribution in [1.82, 2.24) is 15.1 Å². The van der Waals surface area contributed by atoms with Gasteiger partial charge in [0.15, 0.2) is 0 Å². The Morgan fingerprint density at radius 3 is 2.52 bits per heavy atom. The lowest BCUT2D eigenvalue weighted by Gasteiger charge is -2.35. The standard InChI is InChI=1S/C20H23N3O3S/c1-14-16(10-11-25-14)18-21-22-19(26-18)27-13-17(24)23(20(2,3)4)12-15-8-6-5-7-9-15/h5-11H,12-13H2,1-4H3. The molecule has 0 saturated heterocycles. The second-order valence-electron chi connectivity index (χ2n) is 7.19. The van der Waals surface area contributed by atoms with E-state index in [9.17, 15) is 4.79 Å². The van der Waals surface area contributed by atoms with E-state index >= 15 is 0 Å². The van der Waals surface area contributed by atoms with Gasteiger partial charge in [-0.05, 0) is 39.3 Å². The van der Waals surface area contributed by atoms with Crippen molar-refractivity contribution in [3.63, 3.8) is 0 Å². The highest BCUT2D eigenvalue weighted by atomic mass is 32.2. The number of furan rings is 1. The summed E-state index contributed by atoms with van der Waals surface area (Å²) in [6.45, 7) is 8.49. The average Bonchev–Trinajstić information content (AvgIpc) is 3.26. The second kappa shape index (κ2) is 8.00. The van der Waals surface area contributed by atoms with Crippen LogP contribution in [0.1, 0.15) is 32.1 Å². The molecule has 0 N–H and O–H groups in total. The van der Waals surface area contributed by atoms with E-state index in [0.717, 1.165) is 11.1 Å². The summed E-state index contributed by atoms with van der Waals surface area (Å²) < 4.78 is 10.9. The van der Waals surface area contributed by atoms with Crippen molar-refractivity contribution in [2.75, 3.05) is 5.75 Å². The van der Waals surface area contributed by atoms with Gasteiger partial charge in [0.2, 0.25) is 5.91 Å². The fourth-order valence-electron chi connectivity index (χ4n) is 2.65. The Labute approximate surface area is 163 Å². The highest BCUT2D eigenvalue weighted by Crippen LogP contribution is 2.27. The van der Waals surface area contributed by atoms with E-state index < -0.39 is 0 Å². The zero-order chi connectivity index (χ0) is 19.4. The van der Waals surface area contributed by atoms with Gasteiger partial charge in [-0.15, -0.1) is 10.2 Å². The minimum atomic E-state index is -0.290. The first-order chi connectivity index (χ1) is 12.8. The Balaban J connectivity index is 1.66. The van der Waals surface area contributed by atoms with Gasteiger partial charge >= 0.3 is 0 Å². The molecule has 2 heterocycles. The first-order valence-electron chi connectivity index (χ1n) is 8.70. The fourth-order valence-corrected chi connectivity index (χ4v) is 3.29. The van der Waals surface area contributed by atoms with E-state index in [0.29, 0.717) is 23.4 Å². The van der Waals surface area contributed by atoms with Crippen molar-refractivity contribution in [2.24, 2.45) is 0 Å². The molecule has 0 aliphatic carbocycles. The Hall–Kier alpha value is -2.54. The number of amides is 1. The van der Waals surface area contributed by atoms with Crippen LogP contribution in [0.25, 0.3) is 11.5 Å². The van der Waals surface area contributed by atoms with Crippen LogP contribution in [0.15, 0.2) is 56.7 Å². The van der Waals surface area contributed by atoms with Crippen LogP contribution in [-0.4, -0.2) is 32.3 Å². The first kappa shape index (κ1) is 19.2. The molecule has 1 aromatic carbocycles. The molecular weight excluding hydrogens is 362 g/mol. The number of aromatic nitrogens is 2. The predicted octanol–water partition coefficient (Wildman–Crippen LogP) is 4.56. The molecule has 0 unspecified atom stereocenters. The number of hydrogen-bond donors (Lipinski definition) is 0. The van der Waals surface area contributed by atoms with Gasteiger partial charge in [0.1, 0.15) is 5.76 Å². The van der Waals surface area contributed by atoms with Crippen molar-refractivity contribution in [3.8, 4) is 11.5 Å². The summed E-state index contributed by atoms with van der Waals surface area (Å²) in [6.07, 6.45) is 1.58. The van der Waals surface area contributed by atoms with Crippen molar-refractivity contribution >= 4 is 17.7 Å². The van der Waals surface area contributed by atoms with Crippen LogP contribution in [0.4, 0.5) is 0 Å². The molecule has 27 heavy (non-hydrogen) atoms. The molecule has 1 amide bonds. The van der Waals surface area contributed by atoms with Gasteiger partial charge in [-0.2, -0.15) is 0 Å². The zero-order valence-electron chi connectivity index (χ0n) is 15.9. The summed E-state index contributed by atoms with van der Waals surface area (Å²) in [5.41, 5.74) is 1.57. The number of hydrogen-bond acceptors (Lipinski definition) is 6. The average molecular weight is 385 g/mol. The molecule has 0 bridgehead atoms. The summed E-state index contributed by atoms with van der Waals surface area (Å²) in [4.78, 5) is 14.7. The number of thioether (sulfide) groups is 1. The maximum absolute atomic E-state index is 12.9. The molecule has 3 rings (SSSR count). The Kier molecular flexibility index (Phi) is 5.70. The van der Waals surface area contributed by atoms with Crippen molar-refractivity contribution in [3.05, 3.63) is 54.0 Å². The van der Waals surface area contributed by atoms with Crippen LogP contribution in [0, 0.1) is 6.92 Å². The molecule has 0 saturated carbocycles. The van der Waals surface area contributed by atoms with Crippen LogP contribution < -0.4 is 0 Å². The lowest BCUT2D eigenvalue weighted by Crippen LogP contribution is -2.45. The number of aryl methyl sites for hydroxylation is 1. The summed E-state index contributed by atoms with van der Waals surface area (Å²) in [6, 6.07) is 11.8. The van der Waals surface area contributed by atoms with Gasteiger partial charge < -0.3 is 13.7 Å². The summed E-state index contributed by atoms with van der Waals surface area (Å²) in [7, 11) is 0. The number of carbonyl (C=O) groups excluding carboxylic acids is 1. The number of benzene rings is 1. The lowest BCUT2D eigenvalue weighted by atomic mass is 10.0. The van der Waals surface area contributed by atoms with Crippen LogP contribution in [0.5, 0.6) is 0 Å². The zero-order valence-corrected chi connectivity index (χ0v) is 16.7. The molecule has 0 fully saturated rings. The molecule has 0 aliphatic rings. The van der Waals surface area contributed by atoms with Crippen molar-refractivity contribution in [1.29, 1.82) is 0 Å². The van der Waals surface area contributed by atoms with Crippen LogP contribution in [-0.2, 0) is 11.3 Å². The number of carbonyl (C=O) groups is 1. The SMILES string of the molecule is Cc1occc1-c1nnc(SCC(=O)N(Cc2ccccc2)C(C)(C)C)o1. The van der Waals surface area contributed by atoms with Crippen molar-refractivity contribution < 1.29 is 13.6 Å². The minimum absolute atomic E-state index is 0.0237. The maximum atomic E-state index is 12.9. The quantitative estimate of drug-likeness (QED) is 0.579. The topological polar surface area (TPSA) is 72.4 Å². The van der Waals surface area contributed by atoms with Crippen LogP contribution in [0.2, 0.25) is 0 Å². The second-order valence-corrected chi connectivity index (χ2v) is 8.12. The van der Waals surface area contributed by atoms with Crippen LogP contribution >= 0.6 is 11.8 Å². The van der Waals surface area contributed by atoms with Gasteiger partial charge in [0.25, 0.3) is 11.1 Å². The van der Waals surface area contributed by atoms with Crippen molar-refractivity contribution in [2.45, 2.75) is 45.0 Å². The molecule has 0 aliphatic heterocycles. The van der Waals surface area contributed by atoms with Crippen LogP contribution in [0.3, 0.4) is 0 Å². The molecule has 3 aromatic rings. The van der Waals surface area contributed by atoms with E-state index in [1.165, 1.54) is 11.8 Å². The molecule has 2 aromatic heterocycles. The summed E-state index contributed by atoms with van der Waals surface area (Å²) >= 11 is 1.25. The molecule has 0 atom stereocenters. The summed E-state index contributed by atoms with van der Waals surface area (Å²) in [5.74, 6) is 1.37. The fraction of sp³-hybridized carbons (Fsp3) is 0.350. The van der Waals surface area contributed by atoms with E-state index in [1.54, 1.807) is 12.3 Å². The first-order valence-corrected chi connectivity index (χ1v) is 9.68. The largest absolute Gasteiger partial charge is 0.469 e. The predicted molar refractivity (Wildman–Crippen MR) is 104 cm³/mol. The van der Waals surface area contributed by atoms with Gasteiger partial charge in [-0.1, -0.05) is 42.1 Å². The highest BCUT2D eigenvalue weighted by molar-refractivity contribution is 7.99. The van der Waals surface area contributed by atoms with E-state index in [-0.39, 0.29) is 17.2 Å². The third-order valence-corrected chi connectivity index (χ3v) is 4.91. The third kappa shape index (κ3) is 4.80. The van der Waals surface area contributed by atoms with Gasteiger partial charge in [0, 0.05) is 12.1 Å². The number of rotatable bonds is 6. The molecule has 6 nitrogen and oxygen atoms in total. The molecule has 142 valence electrons. The summed E-state index contributed by atoms with van der Waals surface area (Å²) in [5, 5.41) is 8.43. The maximum Gasteiger partial charge on any atom is 0.277 e. The lowest BCUT2D eigenvalue weighted by molar-refractivity contribution is -0.133. The number of nitrogens with zero attached hydrogens (tertiary/aromatic N) is 3. The van der Waals surface area contributed by atoms with Gasteiger partial charge in [0.05, 0.1) is 17.6 Å². The van der Waals surface area contributed by atoms with E-state index in [2.05, 4.69) is 10.2 Å².